The van der Waals surface area contributed by atoms with E-state index >= 15 is 0 Å². The second-order valence-electron chi connectivity index (χ2n) is 8.47. The molecule has 0 radical (unpaired) electrons. The molecular weight excluding hydrogens is 460 g/mol. The molecule has 0 atom stereocenters. The van der Waals surface area contributed by atoms with Crippen LogP contribution in [-0.2, 0) is 22.6 Å². The molecule has 3 aromatic carbocycles. The third-order valence-electron chi connectivity index (χ3n) is 6.05. The predicted molar refractivity (Wildman–Crippen MR) is 135 cm³/mol. The van der Waals surface area contributed by atoms with Crippen LogP contribution in [0.3, 0.4) is 0 Å². The topological polar surface area (TPSA) is 84.2 Å². The van der Waals surface area contributed by atoms with E-state index in [-0.39, 0.29) is 18.6 Å². The highest BCUT2D eigenvalue weighted by molar-refractivity contribution is 5.85. The lowest BCUT2D eigenvalue weighted by molar-refractivity contribution is -0.147. The van der Waals surface area contributed by atoms with E-state index in [2.05, 4.69) is 0 Å². The smallest absolute Gasteiger partial charge is 0.344 e. The zero-order valence-corrected chi connectivity index (χ0v) is 20.2. The van der Waals surface area contributed by atoms with Gasteiger partial charge in [0, 0.05) is 6.07 Å². The van der Waals surface area contributed by atoms with Crippen molar-refractivity contribution in [3.8, 4) is 28.4 Å². The average Bonchev–Trinajstić information content (AvgIpc) is 2.91. The zero-order valence-electron chi connectivity index (χ0n) is 20.2. The van der Waals surface area contributed by atoms with Crippen molar-refractivity contribution >= 4 is 16.9 Å². The summed E-state index contributed by atoms with van der Waals surface area (Å²) in [6, 6.07) is 18.3. The first-order valence-corrected chi connectivity index (χ1v) is 11.9. The van der Waals surface area contributed by atoms with Gasteiger partial charge in [0.25, 0.3) is 0 Å². The van der Waals surface area contributed by atoms with Gasteiger partial charge in [-0.2, -0.15) is 0 Å². The molecule has 0 amide bonds. The summed E-state index contributed by atoms with van der Waals surface area (Å²) in [7, 11) is 0. The van der Waals surface area contributed by atoms with Gasteiger partial charge in [-0.15, -0.1) is 0 Å². The molecule has 1 aromatic heterocycles. The summed E-state index contributed by atoms with van der Waals surface area (Å²) in [6.45, 7) is 4.60. The van der Waals surface area contributed by atoms with Crippen LogP contribution in [0, 0.1) is 6.92 Å². The highest BCUT2D eigenvalue weighted by Crippen LogP contribution is 2.36. The van der Waals surface area contributed by atoms with Gasteiger partial charge in [-0.05, 0) is 48.2 Å². The molecule has 36 heavy (non-hydrogen) atoms. The van der Waals surface area contributed by atoms with Crippen LogP contribution in [-0.4, -0.2) is 25.8 Å². The molecule has 7 heteroatoms. The van der Waals surface area contributed by atoms with E-state index in [1.807, 2.05) is 43.3 Å². The van der Waals surface area contributed by atoms with Gasteiger partial charge >= 0.3 is 5.97 Å². The minimum absolute atomic E-state index is 0.144. The predicted octanol–water partition coefficient (Wildman–Crippen LogP) is 5.22. The van der Waals surface area contributed by atoms with Gasteiger partial charge in [0.15, 0.2) is 18.1 Å². The molecule has 1 aliphatic heterocycles. The molecule has 0 spiro atoms. The van der Waals surface area contributed by atoms with E-state index in [4.69, 9.17) is 23.4 Å². The average molecular weight is 487 g/mol. The summed E-state index contributed by atoms with van der Waals surface area (Å²) in [4.78, 5) is 25.8. The first-order valence-electron chi connectivity index (χ1n) is 11.9. The number of benzene rings is 3. The lowest BCUT2D eigenvalue weighted by Gasteiger charge is -2.19. The van der Waals surface area contributed by atoms with Gasteiger partial charge < -0.3 is 23.4 Å². The second-order valence-corrected chi connectivity index (χ2v) is 8.47. The lowest BCUT2D eigenvalue weighted by atomic mass is 10.00. The first-order chi connectivity index (χ1) is 17.5. The molecule has 0 N–H and O–H groups in total. The Morgan fingerprint density at radius 1 is 0.972 bits per heavy atom. The van der Waals surface area contributed by atoms with Crippen LogP contribution in [0.15, 0.2) is 69.9 Å². The molecule has 0 saturated carbocycles. The maximum absolute atomic E-state index is 13.5. The molecule has 0 bridgehead atoms. The Bertz CT molecular complexity index is 1470. The maximum atomic E-state index is 13.5. The minimum atomic E-state index is -0.479. The number of hydrogen-bond acceptors (Lipinski definition) is 7. The Morgan fingerprint density at radius 3 is 2.53 bits per heavy atom. The number of carbonyl (C=O) groups is 1. The van der Waals surface area contributed by atoms with E-state index in [1.54, 1.807) is 31.2 Å². The van der Waals surface area contributed by atoms with Crippen molar-refractivity contribution in [2.24, 2.45) is 0 Å². The van der Waals surface area contributed by atoms with Gasteiger partial charge in [0.1, 0.15) is 36.9 Å². The van der Waals surface area contributed by atoms with Crippen LogP contribution in [0.5, 0.6) is 17.2 Å². The maximum Gasteiger partial charge on any atom is 0.344 e. The fraction of sp³-hybridized carbons (Fsp3) is 0.241. The molecule has 5 rings (SSSR count). The van der Waals surface area contributed by atoms with Crippen LogP contribution < -0.4 is 19.6 Å². The van der Waals surface area contributed by atoms with Crippen molar-refractivity contribution in [3.63, 3.8) is 0 Å². The molecule has 2 heterocycles. The molecule has 7 nitrogen and oxygen atoms in total. The number of esters is 1. The third kappa shape index (κ3) is 4.77. The Kier molecular flexibility index (Phi) is 6.62. The fourth-order valence-corrected chi connectivity index (χ4v) is 4.24. The standard InChI is InChI=1S/C29H26O7/c1-3-20-13-22-25(15-24(20)34-17-27(30)35-16-19-7-5-4-6-8-19)36-18(2)28(29(22)31)21-9-10-23-26(14-21)33-12-11-32-23/h4-10,13-15H,3,11-12,16-17H2,1-2H3. The molecule has 1 aliphatic rings. The van der Waals surface area contributed by atoms with E-state index in [1.165, 1.54) is 0 Å². The summed E-state index contributed by atoms with van der Waals surface area (Å²) in [5.41, 5.74) is 3.11. The van der Waals surface area contributed by atoms with Gasteiger partial charge in [0.2, 0.25) is 5.43 Å². The summed E-state index contributed by atoms with van der Waals surface area (Å²) < 4.78 is 28.4. The summed E-state index contributed by atoms with van der Waals surface area (Å²) in [5.74, 6) is 1.74. The summed E-state index contributed by atoms with van der Waals surface area (Å²) in [5, 5.41) is 0.446. The second kappa shape index (κ2) is 10.2. The molecule has 0 fully saturated rings. The van der Waals surface area contributed by atoms with Crippen molar-refractivity contribution in [2.75, 3.05) is 19.8 Å². The molecule has 0 aliphatic carbocycles. The number of rotatable bonds is 7. The number of carbonyl (C=O) groups excluding carboxylic acids is 1. The fourth-order valence-electron chi connectivity index (χ4n) is 4.24. The molecule has 0 saturated heterocycles. The minimum Gasteiger partial charge on any atom is -0.486 e. The van der Waals surface area contributed by atoms with Crippen LogP contribution in [0.2, 0.25) is 0 Å². The number of aryl methyl sites for hydroxylation is 2. The monoisotopic (exact) mass is 486 g/mol. The normalized spacial score (nSPS) is 12.4. The van der Waals surface area contributed by atoms with Crippen molar-refractivity contribution in [1.29, 1.82) is 0 Å². The lowest BCUT2D eigenvalue weighted by Crippen LogP contribution is -2.16. The Balaban J connectivity index is 1.40. The first kappa shape index (κ1) is 23.5. The summed E-state index contributed by atoms with van der Waals surface area (Å²) in [6.07, 6.45) is 0.608. The molecule has 4 aromatic rings. The zero-order chi connectivity index (χ0) is 25.1. The van der Waals surface area contributed by atoms with E-state index in [9.17, 15) is 9.59 Å². The van der Waals surface area contributed by atoms with Gasteiger partial charge in [0.05, 0.1) is 10.9 Å². The summed E-state index contributed by atoms with van der Waals surface area (Å²) >= 11 is 0. The van der Waals surface area contributed by atoms with Crippen molar-refractivity contribution in [3.05, 3.63) is 87.8 Å². The van der Waals surface area contributed by atoms with Gasteiger partial charge in [-0.3, -0.25) is 4.79 Å². The molecular formula is C29H26O7. The highest BCUT2D eigenvalue weighted by atomic mass is 16.6. The van der Waals surface area contributed by atoms with Crippen LogP contribution in [0.25, 0.3) is 22.1 Å². The largest absolute Gasteiger partial charge is 0.486 e. The van der Waals surface area contributed by atoms with Crippen molar-refractivity contribution in [2.45, 2.75) is 26.9 Å². The Labute approximate surface area is 208 Å². The van der Waals surface area contributed by atoms with E-state index < -0.39 is 5.97 Å². The number of hydrogen-bond donors (Lipinski definition) is 0. The number of fused-ring (bicyclic) bond motifs is 2. The third-order valence-corrected chi connectivity index (χ3v) is 6.05. The van der Waals surface area contributed by atoms with Gasteiger partial charge in [-0.1, -0.05) is 43.3 Å². The van der Waals surface area contributed by atoms with Crippen molar-refractivity contribution < 1.29 is 28.2 Å². The molecule has 0 unspecified atom stereocenters. The van der Waals surface area contributed by atoms with Crippen LogP contribution in [0.4, 0.5) is 0 Å². The molecule has 184 valence electrons. The van der Waals surface area contributed by atoms with E-state index in [0.29, 0.717) is 64.7 Å². The van der Waals surface area contributed by atoms with E-state index in [0.717, 1.165) is 11.1 Å². The number of ether oxygens (including phenoxy) is 4. The Morgan fingerprint density at radius 2 is 1.75 bits per heavy atom. The van der Waals surface area contributed by atoms with Gasteiger partial charge in [-0.25, -0.2) is 4.79 Å². The SMILES string of the molecule is CCc1cc2c(=O)c(-c3ccc4c(c3)OCCO4)c(C)oc2cc1OCC(=O)OCc1ccccc1. The Hall–Kier alpha value is -4.26. The van der Waals surface area contributed by atoms with Crippen molar-refractivity contribution in [1.82, 2.24) is 0 Å². The highest BCUT2D eigenvalue weighted by Gasteiger charge is 2.19. The van der Waals surface area contributed by atoms with Crippen LogP contribution >= 0.6 is 0 Å². The van der Waals surface area contributed by atoms with Crippen LogP contribution in [0.1, 0.15) is 23.8 Å². The quantitative estimate of drug-likeness (QED) is 0.331.